The van der Waals surface area contributed by atoms with Gasteiger partial charge in [-0.15, -0.1) is 0 Å². The fourth-order valence-electron chi connectivity index (χ4n) is 0.610. The second-order valence-electron chi connectivity index (χ2n) is 2.29. The first-order valence-electron chi connectivity index (χ1n) is 2.88. The van der Waals surface area contributed by atoms with Crippen LogP contribution in [0.1, 0.15) is 6.92 Å². The lowest BCUT2D eigenvalue weighted by atomic mass is 10.1. The van der Waals surface area contributed by atoms with Crippen LogP contribution in [0.15, 0.2) is 0 Å². The van der Waals surface area contributed by atoms with E-state index in [1.165, 1.54) is 0 Å². The zero-order valence-corrected chi connectivity index (χ0v) is 6.27. The van der Waals surface area contributed by atoms with E-state index in [2.05, 4.69) is 0 Å². The van der Waals surface area contributed by atoms with E-state index in [0.29, 0.717) is 7.05 Å². The highest BCUT2D eigenvalue weighted by atomic mass is 19.4. The van der Waals surface area contributed by atoms with Crippen molar-refractivity contribution in [3.05, 3.63) is 0 Å². The van der Waals surface area contributed by atoms with Crippen LogP contribution in [0.5, 0.6) is 0 Å². The summed E-state index contributed by atoms with van der Waals surface area (Å²) in [7, 11) is 0.477. The molecule has 0 heterocycles. The molecule has 0 fully saturated rings. The average Bonchev–Trinajstić information content (AvgIpc) is 1.81. The van der Waals surface area contributed by atoms with Crippen molar-refractivity contribution >= 4 is 0 Å². The lowest BCUT2D eigenvalue weighted by Gasteiger charge is -2.31. The molecule has 0 radical (unpaired) electrons. The van der Waals surface area contributed by atoms with Crippen LogP contribution in [0.3, 0.4) is 0 Å². The van der Waals surface area contributed by atoms with Crippen molar-refractivity contribution in [2.75, 3.05) is 7.05 Å². The first kappa shape index (κ1) is 11.5. The molecule has 0 aromatic rings. The van der Waals surface area contributed by atoms with Gasteiger partial charge in [-0.1, -0.05) is 0 Å². The minimum Gasteiger partial charge on any atom is -0.275 e. The maximum atomic E-state index is 12.5. The molecule has 0 aliphatic heterocycles. The highest BCUT2D eigenvalue weighted by Gasteiger charge is 2.68. The summed E-state index contributed by atoms with van der Waals surface area (Å²) in [6.07, 6.45) is -5.64. The topological polar surface area (TPSA) is 12.0 Å². The van der Waals surface area contributed by atoms with Crippen molar-refractivity contribution in [1.29, 1.82) is 0 Å². The summed E-state index contributed by atoms with van der Waals surface area (Å²) in [5.74, 6) is -9.18. The van der Waals surface area contributed by atoms with Crippen LogP contribution in [0, 0.1) is 0 Å². The van der Waals surface area contributed by atoms with Gasteiger partial charge >= 0.3 is 17.9 Å². The van der Waals surface area contributed by atoms with Gasteiger partial charge in [-0.3, -0.25) is 5.32 Å². The Morgan fingerprint density at radius 2 is 1.25 bits per heavy atom. The van der Waals surface area contributed by atoms with Crippen LogP contribution in [0.2, 0.25) is 0 Å². The molecule has 0 aromatic heterocycles. The maximum absolute atomic E-state index is 12.5. The minimum atomic E-state index is -5.64. The molecule has 0 saturated heterocycles. The van der Waals surface area contributed by atoms with E-state index in [1.54, 1.807) is 0 Å². The van der Waals surface area contributed by atoms with Crippen LogP contribution in [-0.2, 0) is 0 Å². The first-order valence-corrected chi connectivity index (χ1v) is 2.88. The van der Waals surface area contributed by atoms with Gasteiger partial charge in [-0.05, 0) is 7.05 Å². The summed E-state index contributed by atoms with van der Waals surface area (Å²) in [5.41, 5.74) is 0. The molecule has 0 rings (SSSR count). The highest BCUT2D eigenvalue weighted by Crippen LogP contribution is 2.42. The Bertz CT molecular complexity index is 142. The molecule has 0 spiro atoms. The van der Waals surface area contributed by atoms with Gasteiger partial charge in [0, 0.05) is 6.92 Å². The van der Waals surface area contributed by atoms with E-state index in [-0.39, 0.29) is 6.92 Å². The Morgan fingerprint density at radius 1 is 0.917 bits per heavy atom. The number of hydrogen-bond donors (Lipinski definition) is 1. The molecule has 74 valence electrons. The molecule has 1 nitrogen and oxygen atoms in total. The van der Waals surface area contributed by atoms with Crippen LogP contribution in [0.25, 0.3) is 0 Å². The summed E-state index contributed by atoms with van der Waals surface area (Å²) >= 11 is 0. The molecule has 1 unspecified atom stereocenters. The standard InChI is InChI=1S/C5H7F6N/c1-3(6,7)4(8,12-2)5(9,10)11/h12H,1-2H3. The van der Waals surface area contributed by atoms with Crippen molar-refractivity contribution in [3.8, 4) is 0 Å². The van der Waals surface area contributed by atoms with Gasteiger partial charge in [-0.25, -0.2) is 13.2 Å². The Labute approximate surface area is 64.7 Å². The van der Waals surface area contributed by atoms with Gasteiger partial charge in [0.1, 0.15) is 0 Å². The average molecular weight is 195 g/mol. The third-order valence-electron chi connectivity index (χ3n) is 1.34. The van der Waals surface area contributed by atoms with Crippen molar-refractivity contribution in [2.45, 2.75) is 24.8 Å². The Balaban J connectivity index is 4.95. The SMILES string of the molecule is CNC(F)(C(C)(F)F)C(F)(F)F. The van der Waals surface area contributed by atoms with Gasteiger partial charge in [0.05, 0.1) is 0 Å². The molecular formula is C5H7F6N. The summed E-state index contributed by atoms with van der Waals surface area (Å²) in [5, 5.41) is 0.917. The minimum absolute atomic E-state index is 0.142. The van der Waals surface area contributed by atoms with Gasteiger partial charge in [0.25, 0.3) is 0 Å². The lowest BCUT2D eigenvalue weighted by molar-refractivity contribution is -0.307. The van der Waals surface area contributed by atoms with Crippen molar-refractivity contribution in [1.82, 2.24) is 5.32 Å². The van der Waals surface area contributed by atoms with Gasteiger partial charge in [0.2, 0.25) is 0 Å². The second-order valence-corrected chi connectivity index (χ2v) is 2.29. The van der Waals surface area contributed by atoms with Crippen LogP contribution >= 0.6 is 0 Å². The molecular weight excluding hydrogens is 188 g/mol. The molecule has 1 N–H and O–H groups in total. The first-order chi connectivity index (χ1) is 5.06. The molecule has 0 aromatic carbocycles. The predicted octanol–water partition coefficient (Wildman–Crippen LogP) is 2.09. The van der Waals surface area contributed by atoms with Crippen molar-refractivity contribution in [2.24, 2.45) is 0 Å². The summed E-state index contributed by atoms with van der Waals surface area (Å²) in [6.45, 7) is -0.142. The summed E-state index contributed by atoms with van der Waals surface area (Å²) < 4.78 is 71.8. The Hall–Kier alpha value is -0.460. The van der Waals surface area contributed by atoms with Crippen LogP contribution in [-0.4, -0.2) is 24.9 Å². The normalized spacial score (nSPS) is 19.0. The van der Waals surface area contributed by atoms with E-state index in [0.717, 1.165) is 5.32 Å². The summed E-state index contributed by atoms with van der Waals surface area (Å²) in [6, 6.07) is 0. The van der Waals surface area contributed by atoms with Crippen LogP contribution < -0.4 is 5.32 Å². The number of alkyl halides is 6. The van der Waals surface area contributed by atoms with E-state index in [4.69, 9.17) is 0 Å². The van der Waals surface area contributed by atoms with E-state index in [9.17, 15) is 26.3 Å². The monoisotopic (exact) mass is 195 g/mol. The van der Waals surface area contributed by atoms with Gasteiger partial charge in [0.15, 0.2) is 0 Å². The molecule has 0 bridgehead atoms. The maximum Gasteiger partial charge on any atom is 0.442 e. The molecule has 0 saturated carbocycles. The fourth-order valence-corrected chi connectivity index (χ4v) is 0.610. The number of nitrogens with one attached hydrogen (secondary N) is 1. The fraction of sp³-hybridized carbons (Fsp3) is 1.00. The highest BCUT2D eigenvalue weighted by molar-refractivity contribution is 4.93. The molecule has 1 atom stereocenters. The number of hydrogen-bond acceptors (Lipinski definition) is 1. The van der Waals surface area contributed by atoms with Crippen molar-refractivity contribution < 1.29 is 26.3 Å². The number of rotatable bonds is 2. The second kappa shape index (κ2) is 2.79. The van der Waals surface area contributed by atoms with E-state index in [1.807, 2.05) is 0 Å². The Morgan fingerprint density at radius 3 is 1.25 bits per heavy atom. The quantitative estimate of drug-likeness (QED) is 0.525. The van der Waals surface area contributed by atoms with Gasteiger partial charge in [-0.2, -0.15) is 13.2 Å². The predicted molar refractivity (Wildman–Crippen MR) is 29.6 cm³/mol. The Kier molecular flexibility index (Phi) is 2.68. The largest absolute Gasteiger partial charge is 0.442 e. The molecule has 12 heavy (non-hydrogen) atoms. The molecule has 0 aliphatic carbocycles. The van der Waals surface area contributed by atoms with Gasteiger partial charge < -0.3 is 0 Å². The molecule has 0 amide bonds. The van der Waals surface area contributed by atoms with Crippen molar-refractivity contribution in [3.63, 3.8) is 0 Å². The zero-order chi connectivity index (χ0) is 10.2. The lowest BCUT2D eigenvalue weighted by Crippen LogP contribution is -2.62. The zero-order valence-electron chi connectivity index (χ0n) is 6.27. The molecule has 0 aliphatic rings. The summed E-state index contributed by atoms with van der Waals surface area (Å²) in [4.78, 5) is 0. The van der Waals surface area contributed by atoms with E-state index < -0.39 is 17.9 Å². The third-order valence-corrected chi connectivity index (χ3v) is 1.34. The molecule has 7 heteroatoms. The van der Waals surface area contributed by atoms with E-state index >= 15 is 0 Å². The van der Waals surface area contributed by atoms with Crippen LogP contribution in [0.4, 0.5) is 26.3 Å². The third kappa shape index (κ3) is 1.65. The number of halogens is 6. The smallest absolute Gasteiger partial charge is 0.275 e.